The minimum atomic E-state index is 0.761. The summed E-state index contributed by atoms with van der Waals surface area (Å²) in [7, 11) is 5.14. The molecule has 6 nitrogen and oxygen atoms in total. The van der Waals surface area contributed by atoms with Crippen molar-refractivity contribution in [1.82, 2.24) is 15.5 Å². The number of hydrogen-bond donors (Lipinski definition) is 2. The number of rotatable bonds is 11. The molecule has 0 bridgehead atoms. The van der Waals surface area contributed by atoms with E-state index in [9.17, 15) is 0 Å². The molecule has 1 heterocycles. The zero-order valence-corrected chi connectivity index (χ0v) is 17.9. The van der Waals surface area contributed by atoms with Crippen LogP contribution in [0.2, 0.25) is 0 Å². The van der Waals surface area contributed by atoms with Crippen LogP contribution in [0.25, 0.3) is 0 Å². The Bertz CT molecular complexity index is 586. The van der Waals surface area contributed by atoms with Crippen LogP contribution in [0.4, 0.5) is 0 Å². The van der Waals surface area contributed by atoms with Crippen LogP contribution in [0.1, 0.15) is 44.1 Å². The Balaban J connectivity index is 1.57. The van der Waals surface area contributed by atoms with Crippen molar-refractivity contribution >= 4 is 5.96 Å². The van der Waals surface area contributed by atoms with Gasteiger partial charge in [-0.05, 0) is 69.4 Å². The third-order valence-corrected chi connectivity index (χ3v) is 5.27. The van der Waals surface area contributed by atoms with Crippen LogP contribution in [0.5, 0.6) is 11.5 Å². The summed E-state index contributed by atoms with van der Waals surface area (Å²) in [6, 6.07) is 6.05. The van der Waals surface area contributed by atoms with E-state index in [4.69, 9.17) is 9.47 Å². The fourth-order valence-electron chi connectivity index (χ4n) is 3.61. The summed E-state index contributed by atoms with van der Waals surface area (Å²) in [6.45, 7) is 5.65. The first-order chi connectivity index (χ1) is 13.8. The predicted molar refractivity (Wildman–Crippen MR) is 117 cm³/mol. The molecule has 1 fully saturated rings. The van der Waals surface area contributed by atoms with Crippen molar-refractivity contribution in [2.45, 2.75) is 44.9 Å². The highest BCUT2D eigenvalue weighted by Gasteiger charge is 2.09. The van der Waals surface area contributed by atoms with Crippen LogP contribution < -0.4 is 20.1 Å². The third kappa shape index (κ3) is 7.97. The van der Waals surface area contributed by atoms with Crippen molar-refractivity contribution < 1.29 is 9.47 Å². The van der Waals surface area contributed by atoms with Gasteiger partial charge in [-0.3, -0.25) is 4.99 Å². The van der Waals surface area contributed by atoms with E-state index in [2.05, 4.69) is 26.6 Å². The second kappa shape index (κ2) is 13.3. The molecule has 1 aromatic rings. The molecule has 2 rings (SSSR count). The van der Waals surface area contributed by atoms with Crippen LogP contribution in [-0.2, 0) is 6.42 Å². The summed E-state index contributed by atoms with van der Waals surface area (Å²) in [5, 5.41) is 6.80. The Labute approximate surface area is 170 Å². The van der Waals surface area contributed by atoms with E-state index in [0.29, 0.717) is 0 Å². The molecule has 0 atom stereocenters. The smallest absolute Gasteiger partial charge is 0.190 e. The van der Waals surface area contributed by atoms with Crippen molar-refractivity contribution in [3.05, 3.63) is 23.8 Å². The molecule has 1 aromatic carbocycles. The van der Waals surface area contributed by atoms with E-state index >= 15 is 0 Å². The molecule has 28 heavy (non-hydrogen) atoms. The first kappa shape index (κ1) is 22.3. The summed E-state index contributed by atoms with van der Waals surface area (Å²) in [5.74, 6) is 2.40. The molecule has 0 spiro atoms. The molecule has 1 saturated heterocycles. The van der Waals surface area contributed by atoms with Gasteiger partial charge < -0.3 is 25.0 Å². The Kier molecular flexibility index (Phi) is 10.6. The molecular weight excluding hydrogens is 352 g/mol. The number of nitrogens with zero attached hydrogens (tertiary/aromatic N) is 2. The van der Waals surface area contributed by atoms with Crippen molar-refractivity contribution in [1.29, 1.82) is 0 Å². The number of piperidine rings is 1. The molecule has 1 aliphatic rings. The zero-order chi connectivity index (χ0) is 20.0. The van der Waals surface area contributed by atoms with Gasteiger partial charge in [0.1, 0.15) is 0 Å². The van der Waals surface area contributed by atoms with Crippen molar-refractivity contribution in [3.63, 3.8) is 0 Å². The molecule has 0 aromatic heterocycles. The van der Waals surface area contributed by atoms with Crippen molar-refractivity contribution in [3.8, 4) is 11.5 Å². The van der Waals surface area contributed by atoms with Gasteiger partial charge in [0, 0.05) is 20.1 Å². The first-order valence-electron chi connectivity index (χ1n) is 10.6. The van der Waals surface area contributed by atoms with Gasteiger partial charge in [-0.2, -0.15) is 0 Å². The molecular formula is C22H38N4O2. The van der Waals surface area contributed by atoms with Crippen molar-refractivity contribution in [2.24, 2.45) is 4.99 Å². The van der Waals surface area contributed by atoms with Crippen LogP contribution in [0, 0.1) is 0 Å². The average Bonchev–Trinajstić information content (AvgIpc) is 2.75. The zero-order valence-electron chi connectivity index (χ0n) is 17.9. The molecule has 0 amide bonds. The van der Waals surface area contributed by atoms with Crippen LogP contribution >= 0.6 is 0 Å². The summed E-state index contributed by atoms with van der Waals surface area (Å²) in [6.07, 6.45) is 8.83. The fraction of sp³-hybridized carbons (Fsp3) is 0.682. The standard InChI is InChI=1S/C22H38N4O2/c1-23-22(24-13-6-4-7-15-26-16-8-5-9-17-26)25-14-12-19-10-11-20(27-2)21(18-19)28-3/h10-11,18H,4-9,12-17H2,1-3H3,(H2,23,24,25). The van der Waals surface area contributed by atoms with Crippen LogP contribution in [0.15, 0.2) is 23.2 Å². The number of nitrogens with one attached hydrogen (secondary N) is 2. The summed E-state index contributed by atoms with van der Waals surface area (Å²) in [5.41, 5.74) is 1.21. The van der Waals surface area contributed by atoms with Gasteiger partial charge >= 0.3 is 0 Å². The summed E-state index contributed by atoms with van der Waals surface area (Å²) >= 11 is 0. The average molecular weight is 391 g/mol. The lowest BCUT2D eigenvalue weighted by Gasteiger charge is -2.26. The first-order valence-corrected chi connectivity index (χ1v) is 10.6. The lowest BCUT2D eigenvalue weighted by atomic mass is 10.1. The highest BCUT2D eigenvalue weighted by Crippen LogP contribution is 2.27. The lowest BCUT2D eigenvalue weighted by Crippen LogP contribution is -2.38. The summed E-state index contributed by atoms with van der Waals surface area (Å²) in [4.78, 5) is 6.93. The lowest BCUT2D eigenvalue weighted by molar-refractivity contribution is 0.224. The minimum absolute atomic E-state index is 0.761. The van der Waals surface area contributed by atoms with Gasteiger partial charge in [0.15, 0.2) is 17.5 Å². The number of benzene rings is 1. The number of unbranched alkanes of at least 4 members (excludes halogenated alkanes) is 2. The van der Waals surface area contributed by atoms with Gasteiger partial charge in [-0.15, -0.1) is 0 Å². The number of likely N-dealkylation sites (tertiary alicyclic amines) is 1. The number of methoxy groups -OCH3 is 2. The highest BCUT2D eigenvalue weighted by atomic mass is 16.5. The largest absolute Gasteiger partial charge is 0.493 e. The fourth-order valence-corrected chi connectivity index (χ4v) is 3.61. The molecule has 6 heteroatoms. The van der Waals surface area contributed by atoms with E-state index in [1.165, 1.54) is 63.7 Å². The monoisotopic (exact) mass is 390 g/mol. The normalized spacial score (nSPS) is 15.3. The van der Waals surface area contributed by atoms with Crippen molar-refractivity contribution in [2.75, 3.05) is 54.0 Å². The second-order valence-electron chi connectivity index (χ2n) is 7.33. The van der Waals surface area contributed by atoms with E-state index in [1.807, 2.05) is 19.2 Å². The number of aliphatic imine (C=N–C) groups is 1. The molecule has 0 unspecified atom stereocenters. The predicted octanol–water partition coefficient (Wildman–Crippen LogP) is 3.07. The molecule has 0 saturated carbocycles. The van der Waals surface area contributed by atoms with Crippen LogP contribution in [-0.4, -0.2) is 64.9 Å². The Hall–Kier alpha value is -1.95. The Morgan fingerprint density at radius 2 is 1.71 bits per heavy atom. The van der Waals surface area contributed by atoms with Gasteiger partial charge in [0.25, 0.3) is 0 Å². The summed E-state index contributed by atoms with van der Waals surface area (Å²) < 4.78 is 10.7. The Morgan fingerprint density at radius 1 is 0.964 bits per heavy atom. The molecule has 1 aliphatic heterocycles. The van der Waals surface area contributed by atoms with Gasteiger partial charge in [-0.25, -0.2) is 0 Å². The molecule has 158 valence electrons. The number of guanidine groups is 1. The SMILES string of the molecule is CN=C(NCCCCCN1CCCCC1)NCCc1ccc(OC)c(OC)c1. The van der Waals surface area contributed by atoms with E-state index in [-0.39, 0.29) is 0 Å². The maximum absolute atomic E-state index is 5.36. The van der Waals surface area contributed by atoms with Crippen LogP contribution in [0.3, 0.4) is 0 Å². The maximum atomic E-state index is 5.36. The highest BCUT2D eigenvalue weighted by molar-refractivity contribution is 5.79. The van der Waals surface area contributed by atoms with E-state index < -0.39 is 0 Å². The number of hydrogen-bond acceptors (Lipinski definition) is 4. The number of ether oxygens (including phenoxy) is 2. The quantitative estimate of drug-likeness (QED) is 0.345. The second-order valence-corrected chi connectivity index (χ2v) is 7.33. The Morgan fingerprint density at radius 3 is 2.43 bits per heavy atom. The minimum Gasteiger partial charge on any atom is -0.493 e. The van der Waals surface area contributed by atoms with Gasteiger partial charge in [0.05, 0.1) is 14.2 Å². The van der Waals surface area contributed by atoms with E-state index in [0.717, 1.165) is 37.0 Å². The molecule has 2 N–H and O–H groups in total. The molecule has 0 radical (unpaired) electrons. The van der Waals surface area contributed by atoms with E-state index in [1.54, 1.807) is 14.2 Å². The third-order valence-electron chi connectivity index (χ3n) is 5.27. The van der Waals surface area contributed by atoms with Gasteiger partial charge in [-0.1, -0.05) is 18.9 Å². The molecule has 0 aliphatic carbocycles. The van der Waals surface area contributed by atoms with Gasteiger partial charge in [0.2, 0.25) is 0 Å². The topological polar surface area (TPSA) is 58.1 Å². The maximum Gasteiger partial charge on any atom is 0.190 e.